The van der Waals surface area contributed by atoms with Crippen molar-refractivity contribution in [3.05, 3.63) is 0 Å². The number of hydrogen-bond acceptors (Lipinski definition) is 5. The van der Waals surface area contributed by atoms with Gasteiger partial charge in [0.05, 0.1) is 11.5 Å². The molecule has 27 heavy (non-hydrogen) atoms. The first-order chi connectivity index (χ1) is 12.8. The first-order valence-electron chi connectivity index (χ1n) is 11.0. The Hall–Kier alpha value is -0.940. The third-order valence-electron chi connectivity index (χ3n) is 6.94. The molecule has 1 saturated carbocycles. The predicted octanol–water partition coefficient (Wildman–Crippen LogP) is 3.54. The molecule has 2 rings (SSSR count). The van der Waals surface area contributed by atoms with Gasteiger partial charge in [0.25, 0.3) is 0 Å². The van der Waals surface area contributed by atoms with Gasteiger partial charge in [-0.2, -0.15) is 0 Å². The monoisotopic (exact) mass is 380 g/mol. The lowest BCUT2D eigenvalue weighted by molar-refractivity contribution is -0.150. The van der Waals surface area contributed by atoms with Crippen LogP contribution in [0.3, 0.4) is 0 Å². The summed E-state index contributed by atoms with van der Waals surface area (Å²) in [7, 11) is 0. The third kappa shape index (κ3) is 5.77. The van der Waals surface area contributed by atoms with Crippen molar-refractivity contribution in [1.82, 2.24) is 4.90 Å². The van der Waals surface area contributed by atoms with E-state index in [1.54, 1.807) is 0 Å². The molecule has 156 valence electrons. The maximum Gasteiger partial charge on any atom is 0.312 e. The highest BCUT2D eigenvalue weighted by molar-refractivity contribution is 5.84. The standard InChI is InChI=1S/C22H40N2O3/c1-5-24(6-2)14-11-18-15-22(21(26)27-18)12-9-17(10-13-22)7-8-19(25)20(23)16(3)4/h16-18,20H,5-15,23H2,1-4H3/t17?,18-,20-,22?/m0/s1. The van der Waals surface area contributed by atoms with Crippen LogP contribution in [-0.4, -0.2) is 48.4 Å². The normalized spacial score (nSPS) is 29.5. The van der Waals surface area contributed by atoms with Crippen LogP contribution < -0.4 is 5.73 Å². The smallest absolute Gasteiger partial charge is 0.312 e. The Kier molecular flexibility index (Phi) is 8.29. The molecule has 1 heterocycles. The van der Waals surface area contributed by atoms with Crippen LogP contribution in [0.2, 0.25) is 0 Å². The van der Waals surface area contributed by atoms with E-state index in [9.17, 15) is 9.59 Å². The second-order valence-corrected chi connectivity index (χ2v) is 9.05. The van der Waals surface area contributed by atoms with Crippen LogP contribution in [0, 0.1) is 17.3 Å². The van der Waals surface area contributed by atoms with Crippen molar-refractivity contribution in [3.63, 3.8) is 0 Å². The van der Waals surface area contributed by atoms with Crippen LogP contribution in [0.4, 0.5) is 0 Å². The highest BCUT2D eigenvalue weighted by Crippen LogP contribution is 2.49. The zero-order valence-electron chi connectivity index (χ0n) is 17.8. The maximum atomic E-state index is 12.6. The third-order valence-corrected chi connectivity index (χ3v) is 6.94. The molecule has 0 unspecified atom stereocenters. The molecule has 5 heteroatoms. The maximum absolute atomic E-state index is 12.6. The van der Waals surface area contributed by atoms with Crippen molar-refractivity contribution in [3.8, 4) is 0 Å². The van der Waals surface area contributed by atoms with Crippen molar-refractivity contribution in [2.45, 2.75) is 91.2 Å². The van der Waals surface area contributed by atoms with Crippen LogP contribution >= 0.6 is 0 Å². The summed E-state index contributed by atoms with van der Waals surface area (Å²) in [5.41, 5.74) is 5.71. The largest absolute Gasteiger partial charge is 0.462 e. The molecule has 1 aliphatic carbocycles. The van der Waals surface area contributed by atoms with Gasteiger partial charge in [-0.1, -0.05) is 27.7 Å². The number of ether oxygens (including phenoxy) is 1. The summed E-state index contributed by atoms with van der Waals surface area (Å²) in [4.78, 5) is 27.1. The van der Waals surface area contributed by atoms with Crippen molar-refractivity contribution in [2.24, 2.45) is 23.0 Å². The number of carbonyl (C=O) groups excluding carboxylic acids is 2. The molecule has 0 amide bonds. The summed E-state index contributed by atoms with van der Waals surface area (Å²) in [6.07, 6.45) is 7.30. The first-order valence-corrected chi connectivity index (χ1v) is 11.0. The summed E-state index contributed by atoms with van der Waals surface area (Å²) in [5, 5.41) is 0. The first kappa shape index (κ1) is 22.4. The van der Waals surface area contributed by atoms with Crippen LogP contribution in [0.15, 0.2) is 0 Å². The number of ketones is 1. The Labute approximate surface area is 165 Å². The minimum Gasteiger partial charge on any atom is -0.462 e. The van der Waals surface area contributed by atoms with Gasteiger partial charge in [0, 0.05) is 19.4 Å². The minimum atomic E-state index is -0.337. The fraction of sp³-hybridized carbons (Fsp3) is 0.909. The zero-order valence-corrected chi connectivity index (χ0v) is 17.8. The predicted molar refractivity (Wildman–Crippen MR) is 108 cm³/mol. The number of esters is 1. The topological polar surface area (TPSA) is 72.6 Å². The fourth-order valence-corrected chi connectivity index (χ4v) is 4.68. The average molecular weight is 381 g/mol. The van der Waals surface area contributed by atoms with Crippen molar-refractivity contribution < 1.29 is 14.3 Å². The van der Waals surface area contributed by atoms with Gasteiger partial charge in [-0.05, 0) is 63.5 Å². The fourth-order valence-electron chi connectivity index (χ4n) is 4.68. The average Bonchev–Trinajstić information content (AvgIpc) is 2.96. The van der Waals surface area contributed by atoms with Gasteiger partial charge in [-0.3, -0.25) is 9.59 Å². The Morgan fingerprint density at radius 3 is 2.41 bits per heavy atom. The Morgan fingerprint density at radius 2 is 1.85 bits per heavy atom. The molecule has 5 nitrogen and oxygen atoms in total. The minimum absolute atomic E-state index is 0.0309. The van der Waals surface area contributed by atoms with Crippen LogP contribution in [0.1, 0.15) is 79.1 Å². The molecule has 0 aromatic heterocycles. The number of Topliss-reactive ketones (excluding diaryl/α,β-unsaturated/α-hetero) is 1. The van der Waals surface area contributed by atoms with Gasteiger partial charge in [-0.25, -0.2) is 0 Å². The van der Waals surface area contributed by atoms with Crippen molar-refractivity contribution >= 4 is 11.8 Å². The van der Waals surface area contributed by atoms with E-state index in [2.05, 4.69) is 18.7 Å². The van der Waals surface area contributed by atoms with Crippen molar-refractivity contribution in [1.29, 1.82) is 0 Å². The lowest BCUT2D eigenvalue weighted by Gasteiger charge is -2.34. The summed E-state index contributed by atoms with van der Waals surface area (Å²) in [6, 6.07) is -0.337. The number of nitrogens with zero attached hydrogens (tertiary/aromatic N) is 1. The van der Waals surface area contributed by atoms with E-state index in [-0.39, 0.29) is 35.2 Å². The molecule has 1 saturated heterocycles. The van der Waals surface area contributed by atoms with E-state index in [4.69, 9.17) is 10.5 Å². The molecule has 0 radical (unpaired) electrons. The molecule has 2 fully saturated rings. The molecule has 1 aliphatic heterocycles. The highest BCUT2D eigenvalue weighted by Gasteiger charge is 2.50. The van der Waals surface area contributed by atoms with Gasteiger partial charge in [0.1, 0.15) is 11.9 Å². The molecule has 0 aromatic rings. The number of carbonyl (C=O) groups is 2. The molecule has 0 aromatic carbocycles. The van der Waals surface area contributed by atoms with Gasteiger partial charge in [0.2, 0.25) is 0 Å². The van der Waals surface area contributed by atoms with Gasteiger partial charge in [-0.15, -0.1) is 0 Å². The Balaban J connectivity index is 1.77. The lowest BCUT2D eigenvalue weighted by Crippen LogP contribution is -2.36. The summed E-state index contributed by atoms with van der Waals surface area (Å²) >= 11 is 0. The Bertz CT molecular complexity index is 494. The molecule has 2 aliphatic rings. The highest BCUT2D eigenvalue weighted by atomic mass is 16.6. The van der Waals surface area contributed by atoms with Gasteiger partial charge < -0.3 is 15.4 Å². The molecular formula is C22H40N2O3. The summed E-state index contributed by atoms with van der Waals surface area (Å²) in [6.45, 7) is 11.4. The SMILES string of the molecule is CCN(CC)CC[C@H]1CC2(CCC(CCC(=O)[C@@H](N)C(C)C)CC2)C(=O)O1. The van der Waals surface area contributed by atoms with E-state index in [1.165, 1.54) is 0 Å². The zero-order chi connectivity index (χ0) is 20.0. The molecule has 0 bridgehead atoms. The second-order valence-electron chi connectivity index (χ2n) is 9.05. The van der Waals surface area contributed by atoms with Crippen LogP contribution in [0.25, 0.3) is 0 Å². The van der Waals surface area contributed by atoms with Crippen molar-refractivity contribution in [2.75, 3.05) is 19.6 Å². The number of nitrogens with two attached hydrogens (primary N) is 1. The van der Waals surface area contributed by atoms with E-state index in [0.717, 1.165) is 64.6 Å². The Morgan fingerprint density at radius 1 is 1.22 bits per heavy atom. The molecule has 2 N–H and O–H groups in total. The summed E-state index contributed by atoms with van der Waals surface area (Å²) in [5.74, 6) is 0.959. The van der Waals surface area contributed by atoms with E-state index in [1.807, 2.05) is 13.8 Å². The van der Waals surface area contributed by atoms with E-state index >= 15 is 0 Å². The van der Waals surface area contributed by atoms with Gasteiger partial charge >= 0.3 is 5.97 Å². The summed E-state index contributed by atoms with van der Waals surface area (Å²) < 4.78 is 5.75. The number of hydrogen-bond donors (Lipinski definition) is 1. The second kappa shape index (κ2) is 10.0. The van der Waals surface area contributed by atoms with Gasteiger partial charge in [0.15, 0.2) is 0 Å². The lowest BCUT2D eigenvalue weighted by atomic mass is 9.68. The number of rotatable bonds is 10. The number of cyclic esters (lactones) is 1. The van der Waals surface area contributed by atoms with E-state index in [0.29, 0.717) is 12.3 Å². The van der Waals surface area contributed by atoms with Crippen LogP contribution in [0.5, 0.6) is 0 Å². The molecular weight excluding hydrogens is 340 g/mol. The van der Waals surface area contributed by atoms with E-state index < -0.39 is 0 Å². The van der Waals surface area contributed by atoms with Crippen LogP contribution in [-0.2, 0) is 14.3 Å². The molecule has 1 spiro atoms. The molecule has 2 atom stereocenters. The quantitative estimate of drug-likeness (QED) is 0.587.